The summed E-state index contributed by atoms with van der Waals surface area (Å²) < 4.78 is 5.09. The summed E-state index contributed by atoms with van der Waals surface area (Å²) in [6.07, 6.45) is 5.11. The highest BCUT2D eigenvalue weighted by Crippen LogP contribution is 2.14. The number of ether oxygens (including phenoxy) is 1. The summed E-state index contributed by atoms with van der Waals surface area (Å²) in [6, 6.07) is 7.61. The van der Waals surface area contributed by atoms with Crippen molar-refractivity contribution in [1.29, 1.82) is 0 Å². The molecule has 1 saturated heterocycles. The summed E-state index contributed by atoms with van der Waals surface area (Å²) in [5.74, 6) is 0.941. The number of piperazine rings is 1. The van der Waals surface area contributed by atoms with Gasteiger partial charge in [0.25, 0.3) is 5.91 Å². The van der Waals surface area contributed by atoms with Crippen molar-refractivity contribution in [2.24, 2.45) is 0 Å². The van der Waals surface area contributed by atoms with Crippen LogP contribution < -0.4 is 4.90 Å². The Kier molecular flexibility index (Phi) is 4.83. The number of rotatable bonds is 4. The van der Waals surface area contributed by atoms with Crippen molar-refractivity contribution in [3.8, 4) is 0 Å². The molecule has 6 heteroatoms. The molecule has 3 rings (SSSR count). The highest BCUT2D eigenvalue weighted by molar-refractivity contribution is 5.94. The molecule has 1 amide bonds. The minimum Gasteiger partial charge on any atom is -0.380 e. The Bertz CT molecular complexity index is 637. The van der Waals surface area contributed by atoms with E-state index in [1.165, 1.54) is 0 Å². The predicted octanol–water partition coefficient (Wildman–Crippen LogP) is 1.59. The maximum atomic E-state index is 12.6. The van der Waals surface area contributed by atoms with Crippen LogP contribution in [0, 0.1) is 0 Å². The Morgan fingerprint density at radius 2 is 1.87 bits per heavy atom. The molecule has 1 aromatic heterocycles. The largest absolute Gasteiger partial charge is 0.380 e. The van der Waals surface area contributed by atoms with Crippen molar-refractivity contribution in [2.75, 3.05) is 38.2 Å². The van der Waals surface area contributed by atoms with Crippen LogP contribution in [0.5, 0.6) is 0 Å². The smallest absolute Gasteiger partial charge is 0.253 e. The van der Waals surface area contributed by atoms with Gasteiger partial charge in [-0.05, 0) is 17.7 Å². The molecule has 0 atom stereocenters. The van der Waals surface area contributed by atoms with E-state index in [2.05, 4.69) is 14.9 Å². The quantitative estimate of drug-likeness (QED) is 0.858. The van der Waals surface area contributed by atoms with Crippen molar-refractivity contribution in [3.63, 3.8) is 0 Å². The highest BCUT2D eigenvalue weighted by atomic mass is 16.5. The van der Waals surface area contributed by atoms with E-state index >= 15 is 0 Å². The zero-order valence-electron chi connectivity index (χ0n) is 13.2. The SMILES string of the molecule is COCc1ccc(C(=O)N2CCN(c3cnccn3)CC2)cc1. The van der Waals surface area contributed by atoms with E-state index in [0.717, 1.165) is 30.0 Å². The summed E-state index contributed by atoms with van der Waals surface area (Å²) in [6.45, 7) is 3.48. The number of carbonyl (C=O) groups is 1. The van der Waals surface area contributed by atoms with Crippen LogP contribution in [-0.4, -0.2) is 54.1 Å². The second-order valence-corrected chi connectivity index (χ2v) is 5.47. The van der Waals surface area contributed by atoms with E-state index < -0.39 is 0 Å². The Labute approximate surface area is 135 Å². The van der Waals surface area contributed by atoms with Gasteiger partial charge in [0.05, 0.1) is 12.8 Å². The van der Waals surface area contributed by atoms with Gasteiger partial charge in [-0.1, -0.05) is 12.1 Å². The third-order valence-electron chi connectivity index (χ3n) is 3.95. The van der Waals surface area contributed by atoms with Crippen molar-refractivity contribution >= 4 is 11.7 Å². The molecule has 2 aromatic rings. The number of benzene rings is 1. The fourth-order valence-corrected chi connectivity index (χ4v) is 2.69. The molecule has 1 aromatic carbocycles. The van der Waals surface area contributed by atoms with Crippen molar-refractivity contribution in [3.05, 3.63) is 54.0 Å². The summed E-state index contributed by atoms with van der Waals surface area (Å²) in [5.41, 5.74) is 1.79. The lowest BCUT2D eigenvalue weighted by atomic mass is 10.1. The number of amides is 1. The molecule has 1 aliphatic rings. The summed E-state index contributed by atoms with van der Waals surface area (Å²) in [7, 11) is 1.66. The molecule has 2 heterocycles. The van der Waals surface area contributed by atoms with Gasteiger partial charge in [0, 0.05) is 51.2 Å². The zero-order valence-corrected chi connectivity index (χ0v) is 13.2. The molecule has 0 spiro atoms. The lowest BCUT2D eigenvalue weighted by molar-refractivity contribution is 0.0746. The third-order valence-corrected chi connectivity index (χ3v) is 3.95. The van der Waals surface area contributed by atoms with Gasteiger partial charge in [-0.25, -0.2) is 4.98 Å². The number of hydrogen-bond acceptors (Lipinski definition) is 5. The molecule has 0 aliphatic carbocycles. The molecule has 23 heavy (non-hydrogen) atoms. The van der Waals surface area contributed by atoms with Gasteiger partial charge >= 0.3 is 0 Å². The number of anilines is 1. The van der Waals surface area contributed by atoms with Gasteiger partial charge in [-0.2, -0.15) is 0 Å². The molecule has 1 fully saturated rings. The Balaban J connectivity index is 1.59. The Hall–Kier alpha value is -2.47. The maximum absolute atomic E-state index is 12.6. The van der Waals surface area contributed by atoms with Gasteiger partial charge in [-0.3, -0.25) is 9.78 Å². The molecular weight excluding hydrogens is 292 g/mol. The van der Waals surface area contributed by atoms with Crippen LogP contribution in [0.25, 0.3) is 0 Å². The molecule has 1 aliphatic heterocycles. The van der Waals surface area contributed by atoms with Crippen LogP contribution >= 0.6 is 0 Å². The van der Waals surface area contributed by atoms with E-state index in [1.807, 2.05) is 29.2 Å². The number of hydrogen-bond donors (Lipinski definition) is 0. The van der Waals surface area contributed by atoms with Crippen molar-refractivity contribution in [1.82, 2.24) is 14.9 Å². The number of aromatic nitrogens is 2. The topological polar surface area (TPSA) is 58.6 Å². The van der Waals surface area contributed by atoms with Gasteiger partial charge in [0.2, 0.25) is 0 Å². The fraction of sp³-hybridized carbons (Fsp3) is 0.353. The van der Waals surface area contributed by atoms with Crippen molar-refractivity contribution < 1.29 is 9.53 Å². The van der Waals surface area contributed by atoms with E-state index in [0.29, 0.717) is 19.7 Å². The molecular formula is C17H20N4O2. The summed E-state index contributed by atoms with van der Waals surface area (Å²) in [5, 5.41) is 0. The first-order valence-electron chi connectivity index (χ1n) is 7.66. The maximum Gasteiger partial charge on any atom is 0.253 e. The van der Waals surface area contributed by atoms with Crippen LogP contribution in [0.3, 0.4) is 0 Å². The number of methoxy groups -OCH3 is 1. The molecule has 0 radical (unpaired) electrons. The zero-order chi connectivity index (χ0) is 16.1. The average molecular weight is 312 g/mol. The lowest BCUT2D eigenvalue weighted by Crippen LogP contribution is -2.49. The molecule has 0 N–H and O–H groups in total. The highest BCUT2D eigenvalue weighted by Gasteiger charge is 2.22. The second kappa shape index (κ2) is 7.19. The molecule has 0 unspecified atom stereocenters. The van der Waals surface area contributed by atoms with Crippen LogP contribution in [0.2, 0.25) is 0 Å². The van der Waals surface area contributed by atoms with Crippen LogP contribution in [0.15, 0.2) is 42.9 Å². The average Bonchev–Trinajstić information content (AvgIpc) is 2.63. The van der Waals surface area contributed by atoms with Crippen LogP contribution in [0.1, 0.15) is 15.9 Å². The van der Waals surface area contributed by atoms with Crippen LogP contribution in [-0.2, 0) is 11.3 Å². The molecule has 6 nitrogen and oxygen atoms in total. The van der Waals surface area contributed by atoms with E-state index in [4.69, 9.17) is 4.74 Å². The standard InChI is InChI=1S/C17H20N4O2/c1-23-13-14-2-4-15(5-3-14)17(22)21-10-8-20(9-11-21)16-12-18-6-7-19-16/h2-7,12H,8-11,13H2,1H3. The van der Waals surface area contributed by atoms with Crippen LogP contribution in [0.4, 0.5) is 5.82 Å². The lowest BCUT2D eigenvalue weighted by Gasteiger charge is -2.35. The first-order valence-corrected chi connectivity index (χ1v) is 7.66. The number of carbonyl (C=O) groups excluding carboxylic acids is 1. The van der Waals surface area contributed by atoms with Gasteiger partial charge in [0.15, 0.2) is 0 Å². The third kappa shape index (κ3) is 3.65. The predicted molar refractivity (Wildman–Crippen MR) is 87.3 cm³/mol. The fourth-order valence-electron chi connectivity index (χ4n) is 2.69. The minimum atomic E-state index is 0.0766. The van der Waals surface area contributed by atoms with Gasteiger partial charge < -0.3 is 14.5 Å². The Morgan fingerprint density at radius 1 is 1.13 bits per heavy atom. The first kappa shape index (κ1) is 15.4. The van der Waals surface area contributed by atoms with Crippen molar-refractivity contribution in [2.45, 2.75) is 6.61 Å². The number of nitrogens with zero attached hydrogens (tertiary/aromatic N) is 4. The summed E-state index contributed by atoms with van der Waals surface area (Å²) >= 11 is 0. The van der Waals surface area contributed by atoms with E-state index in [-0.39, 0.29) is 5.91 Å². The van der Waals surface area contributed by atoms with Gasteiger partial charge in [-0.15, -0.1) is 0 Å². The van der Waals surface area contributed by atoms with Gasteiger partial charge in [0.1, 0.15) is 5.82 Å². The van der Waals surface area contributed by atoms with E-state index in [9.17, 15) is 4.79 Å². The Morgan fingerprint density at radius 3 is 2.48 bits per heavy atom. The summed E-state index contributed by atoms with van der Waals surface area (Å²) in [4.78, 5) is 25.0. The van der Waals surface area contributed by atoms with E-state index in [1.54, 1.807) is 25.7 Å². The minimum absolute atomic E-state index is 0.0766. The molecule has 120 valence electrons. The second-order valence-electron chi connectivity index (χ2n) is 5.47. The monoisotopic (exact) mass is 312 g/mol. The molecule has 0 bridgehead atoms. The molecule has 0 saturated carbocycles. The first-order chi connectivity index (χ1) is 11.3. The normalized spacial score (nSPS) is 14.8.